The van der Waals surface area contributed by atoms with E-state index >= 15 is 0 Å². The van der Waals surface area contributed by atoms with E-state index in [0.29, 0.717) is 12.8 Å². The Morgan fingerprint density at radius 3 is 1.79 bits per heavy atom. The molecule has 3 nitrogen and oxygen atoms in total. The molecule has 1 aliphatic rings. The minimum atomic E-state index is -1.23. The molecule has 0 amide bonds. The molecule has 2 aromatic rings. The van der Waals surface area contributed by atoms with Crippen molar-refractivity contribution in [2.75, 3.05) is 0 Å². The average molecular weight is 253 g/mol. The van der Waals surface area contributed by atoms with Gasteiger partial charge in [0.1, 0.15) is 5.54 Å². The molecule has 0 saturated heterocycles. The van der Waals surface area contributed by atoms with E-state index in [0.717, 1.165) is 22.3 Å². The molecule has 0 radical (unpaired) electrons. The van der Waals surface area contributed by atoms with Crippen molar-refractivity contribution >= 4 is 5.97 Å². The second kappa shape index (κ2) is 4.21. The Morgan fingerprint density at radius 1 is 0.947 bits per heavy atom. The highest BCUT2D eigenvalue weighted by Crippen LogP contribution is 2.35. The second-order valence-corrected chi connectivity index (χ2v) is 5.13. The van der Waals surface area contributed by atoms with E-state index in [1.165, 1.54) is 0 Å². The summed E-state index contributed by atoms with van der Waals surface area (Å²) in [5.41, 5.74) is 9.07. The molecule has 3 N–H and O–H groups in total. The largest absolute Gasteiger partial charge is 0.480 e. The number of rotatable bonds is 1. The molecule has 19 heavy (non-hydrogen) atoms. The molecule has 3 heteroatoms. The number of carbonyl (C=O) groups is 1. The molecular weight excluding hydrogens is 238 g/mol. The first kappa shape index (κ1) is 11.9. The predicted molar refractivity (Wildman–Crippen MR) is 73.8 cm³/mol. The monoisotopic (exact) mass is 253 g/mol. The summed E-state index contributed by atoms with van der Waals surface area (Å²) in [7, 11) is 0. The smallest absolute Gasteiger partial charge is 0.324 e. The molecule has 0 aliphatic heterocycles. The van der Waals surface area contributed by atoms with Crippen molar-refractivity contribution in [2.45, 2.75) is 18.4 Å². The first-order valence-electron chi connectivity index (χ1n) is 6.29. The van der Waals surface area contributed by atoms with Crippen LogP contribution in [0.15, 0.2) is 48.5 Å². The molecule has 0 saturated carbocycles. The zero-order valence-corrected chi connectivity index (χ0v) is 10.5. The molecule has 0 heterocycles. The maximum absolute atomic E-state index is 11.5. The highest BCUT2D eigenvalue weighted by molar-refractivity contribution is 5.83. The Hall–Kier alpha value is -2.13. The first-order valence-corrected chi connectivity index (χ1v) is 6.29. The number of aliphatic carboxylic acids is 1. The fraction of sp³-hybridized carbons (Fsp3) is 0.188. The molecule has 1 aliphatic carbocycles. The van der Waals surface area contributed by atoms with Crippen molar-refractivity contribution in [2.24, 2.45) is 5.73 Å². The molecule has 0 atom stereocenters. The van der Waals surface area contributed by atoms with Gasteiger partial charge in [-0.1, -0.05) is 48.5 Å². The molecule has 0 unspecified atom stereocenters. The number of hydrogen-bond donors (Lipinski definition) is 2. The van der Waals surface area contributed by atoms with Crippen LogP contribution in [0.2, 0.25) is 0 Å². The number of carboxylic acids is 1. The predicted octanol–water partition coefficient (Wildman–Crippen LogP) is 2.23. The summed E-state index contributed by atoms with van der Waals surface area (Å²) in [6, 6.07) is 15.8. The van der Waals surface area contributed by atoms with Crippen LogP contribution in [0.25, 0.3) is 11.1 Å². The highest BCUT2D eigenvalue weighted by Gasteiger charge is 2.37. The molecule has 0 bridgehead atoms. The Morgan fingerprint density at radius 2 is 1.37 bits per heavy atom. The third kappa shape index (κ3) is 1.92. The van der Waals surface area contributed by atoms with Gasteiger partial charge >= 0.3 is 5.97 Å². The van der Waals surface area contributed by atoms with Crippen molar-refractivity contribution in [3.05, 3.63) is 59.7 Å². The van der Waals surface area contributed by atoms with E-state index < -0.39 is 11.5 Å². The molecular formula is C16H15NO2. The number of benzene rings is 2. The van der Waals surface area contributed by atoms with E-state index in [-0.39, 0.29) is 0 Å². The van der Waals surface area contributed by atoms with Crippen LogP contribution >= 0.6 is 0 Å². The van der Waals surface area contributed by atoms with Gasteiger partial charge in [0.25, 0.3) is 0 Å². The molecule has 0 aromatic heterocycles. The Kier molecular flexibility index (Phi) is 2.64. The summed E-state index contributed by atoms with van der Waals surface area (Å²) in [5, 5.41) is 9.45. The van der Waals surface area contributed by atoms with Crippen molar-refractivity contribution in [1.29, 1.82) is 0 Å². The van der Waals surface area contributed by atoms with Crippen LogP contribution in [0.4, 0.5) is 0 Å². The molecule has 3 rings (SSSR count). The quantitative estimate of drug-likeness (QED) is 0.819. The van der Waals surface area contributed by atoms with Gasteiger partial charge in [0.05, 0.1) is 0 Å². The molecule has 0 fully saturated rings. The maximum Gasteiger partial charge on any atom is 0.324 e. The van der Waals surface area contributed by atoms with Crippen molar-refractivity contribution < 1.29 is 9.90 Å². The van der Waals surface area contributed by atoms with Crippen molar-refractivity contribution in [3.63, 3.8) is 0 Å². The van der Waals surface area contributed by atoms with E-state index in [1.54, 1.807) is 0 Å². The first-order chi connectivity index (χ1) is 9.10. The van der Waals surface area contributed by atoms with E-state index in [1.807, 2.05) is 48.5 Å². The maximum atomic E-state index is 11.5. The summed E-state index contributed by atoms with van der Waals surface area (Å²) < 4.78 is 0. The lowest BCUT2D eigenvalue weighted by Crippen LogP contribution is -2.51. The average Bonchev–Trinajstić information content (AvgIpc) is 2.53. The zero-order chi connectivity index (χ0) is 13.5. The number of hydrogen-bond acceptors (Lipinski definition) is 2. The summed E-state index contributed by atoms with van der Waals surface area (Å²) in [4.78, 5) is 11.5. The fourth-order valence-electron chi connectivity index (χ4n) is 2.77. The van der Waals surface area contributed by atoms with E-state index in [2.05, 4.69) is 0 Å². The van der Waals surface area contributed by atoms with Gasteiger partial charge in [-0.2, -0.15) is 0 Å². The van der Waals surface area contributed by atoms with Gasteiger partial charge < -0.3 is 10.8 Å². The minimum Gasteiger partial charge on any atom is -0.480 e. The van der Waals surface area contributed by atoms with E-state index in [9.17, 15) is 9.90 Å². The summed E-state index contributed by atoms with van der Waals surface area (Å²) in [6.07, 6.45) is 0.709. The van der Waals surface area contributed by atoms with Crippen LogP contribution < -0.4 is 5.73 Å². The highest BCUT2D eigenvalue weighted by atomic mass is 16.4. The lowest BCUT2D eigenvalue weighted by atomic mass is 9.88. The van der Waals surface area contributed by atoms with Gasteiger partial charge in [-0.25, -0.2) is 0 Å². The Labute approximate surface area is 111 Å². The van der Waals surface area contributed by atoms with Crippen LogP contribution in [0.5, 0.6) is 0 Å². The minimum absolute atomic E-state index is 0.354. The topological polar surface area (TPSA) is 63.3 Å². The van der Waals surface area contributed by atoms with Gasteiger partial charge in [-0.05, 0) is 22.3 Å². The van der Waals surface area contributed by atoms with Crippen molar-refractivity contribution in [3.8, 4) is 11.1 Å². The van der Waals surface area contributed by atoms with Gasteiger partial charge in [0.2, 0.25) is 0 Å². The lowest BCUT2D eigenvalue weighted by molar-refractivity contribution is -0.143. The van der Waals surface area contributed by atoms with Gasteiger partial charge in [0.15, 0.2) is 0 Å². The van der Waals surface area contributed by atoms with Crippen molar-refractivity contribution in [1.82, 2.24) is 0 Å². The summed E-state index contributed by atoms with van der Waals surface area (Å²) in [5.74, 6) is -0.945. The third-order valence-electron chi connectivity index (χ3n) is 3.76. The fourth-order valence-corrected chi connectivity index (χ4v) is 2.77. The van der Waals surface area contributed by atoms with Gasteiger partial charge in [0, 0.05) is 12.8 Å². The Bertz CT molecular complexity index is 601. The normalized spacial score (nSPS) is 16.1. The standard InChI is InChI=1S/C16H15NO2/c17-16(15(18)19)9-11-5-1-3-7-13(11)14-8-4-2-6-12(14)10-16/h1-8H,9-10,17H2,(H,18,19). The zero-order valence-electron chi connectivity index (χ0n) is 10.5. The summed E-state index contributed by atoms with van der Waals surface area (Å²) in [6.45, 7) is 0. The summed E-state index contributed by atoms with van der Waals surface area (Å²) >= 11 is 0. The number of fused-ring (bicyclic) bond motifs is 3. The lowest BCUT2D eigenvalue weighted by Gasteiger charge is -2.23. The molecule has 0 spiro atoms. The third-order valence-corrected chi connectivity index (χ3v) is 3.76. The number of carboxylic acid groups (broad SMARTS) is 1. The Balaban J connectivity index is 2.26. The van der Waals surface area contributed by atoms with Gasteiger partial charge in [-0.3, -0.25) is 4.79 Å². The molecule has 96 valence electrons. The van der Waals surface area contributed by atoms with Crippen LogP contribution in [-0.2, 0) is 17.6 Å². The van der Waals surface area contributed by atoms with Gasteiger partial charge in [-0.15, -0.1) is 0 Å². The SMILES string of the molecule is NC1(C(=O)O)Cc2ccccc2-c2ccccc2C1. The second-order valence-electron chi connectivity index (χ2n) is 5.13. The number of nitrogens with two attached hydrogens (primary N) is 1. The molecule has 2 aromatic carbocycles. The van der Waals surface area contributed by atoms with Crippen LogP contribution in [0, 0.1) is 0 Å². The van der Waals surface area contributed by atoms with Crippen LogP contribution in [0.3, 0.4) is 0 Å². The van der Waals surface area contributed by atoms with E-state index in [4.69, 9.17) is 5.73 Å². The van der Waals surface area contributed by atoms with Crippen LogP contribution in [0.1, 0.15) is 11.1 Å². The van der Waals surface area contributed by atoms with Crippen LogP contribution in [-0.4, -0.2) is 16.6 Å².